The third-order valence-electron chi connectivity index (χ3n) is 3.37. The summed E-state index contributed by atoms with van der Waals surface area (Å²) in [5.74, 6) is -0.515. The van der Waals surface area contributed by atoms with Gasteiger partial charge in [-0.1, -0.05) is 45.0 Å². The van der Waals surface area contributed by atoms with E-state index < -0.39 is 22.2 Å². The fourth-order valence-corrected chi connectivity index (χ4v) is 3.55. The van der Waals surface area contributed by atoms with Crippen LogP contribution in [0.25, 0.3) is 0 Å². The molecule has 0 spiro atoms. The van der Waals surface area contributed by atoms with Crippen LogP contribution in [-0.4, -0.2) is 26.0 Å². The number of halogens is 4. The Hall–Kier alpha value is -0.760. The third-order valence-corrected chi connectivity index (χ3v) is 4.58. The molecule has 1 atom stereocenters. The van der Waals surface area contributed by atoms with Crippen molar-refractivity contribution in [1.82, 2.24) is 9.65 Å². The van der Waals surface area contributed by atoms with Gasteiger partial charge < -0.3 is 0 Å². The van der Waals surface area contributed by atoms with Crippen molar-refractivity contribution in [2.75, 3.05) is 4.90 Å². The summed E-state index contributed by atoms with van der Waals surface area (Å²) < 4.78 is 28.3. The zero-order valence-electron chi connectivity index (χ0n) is 10.6. The number of hydrazine groups is 1. The number of hydrogen-bond donors (Lipinski definition) is 0. The number of anilines is 1. The summed E-state index contributed by atoms with van der Waals surface area (Å²) in [6, 6.07) is 4.84. The molecule has 0 bridgehead atoms. The number of urea groups is 1. The molecule has 9 heteroatoms. The average Bonchev–Trinajstić information content (AvgIpc) is 3.23. The molecule has 1 aliphatic heterocycles. The molecule has 1 aromatic carbocycles. The molecule has 0 aromatic heterocycles. The van der Waals surface area contributed by atoms with Crippen molar-refractivity contribution in [1.29, 1.82) is 0 Å². The maximum atomic E-state index is 14.2. The molecule has 114 valence electrons. The molecule has 2 fully saturated rings. The number of benzene rings is 1. The Bertz CT molecular complexity index is 561. The molecular formula is C12H11Cl2F2N3OS. The molecule has 1 heterocycles. The lowest BCUT2D eigenvalue weighted by molar-refractivity contribution is -0.0485. The van der Waals surface area contributed by atoms with E-state index in [1.54, 1.807) is 6.07 Å². The highest BCUT2D eigenvalue weighted by Gasteiger charge is 2.54. The Labute approximate surface area is 134 Å². The Morgan fingerprint density at radius 2 is 1.95 bits per heavy atom. The lowest BCUT2D eigenvalue weighted by Crippen LogP contribution is -2.39. The molecule has 2 aliphatic rings. The largest absolute Gasteiger partial charge is 0.370 e. The van der Waals surface area contributed by atoms with Crippen LogP contribution >= 0.6 is 35.1 Å². The molecule has 1 saturated heterocycles. The lowest BCUT2D eigenvalue weighted by atomic mass is 10.2. The zero-order valence-corrected chi connectivity index (χ0v) is 13.0. The van der Waals surface area contributed by atoms with Crippen LogP contribution in [0.5, 0.6) is 0 Å². The standard InChI is InChI=1S/C12H11Cl2F2N3OS/c13-11(14)21-19-10(7-5-6-7)17(12(20)18(19)16)9-4-2-1-3-8(9)15/h1-4,7,10-11H,5-6H2. The number of carbonyl (C=O) groups excluding carboxylic acids is 1. The van der Waals surface area contributed by atoms with Gasteiger partial charge in [0, 0.05) is 0 Å². The van der Waals surface area contributed by atoms with E-state index in [0.29, 0.717) is 0 Å². The van der Waals surface area contributed by atoms with Gasteiger partial charge >= 0.3 is 6.03 Å². The maximum Gasteiger partial charge on any atom is 0.370 e. The van der Waals surface area contributed by atoms with Gasteiger partial charge in [0.05, 0.1) is 5.69 Å². The SMILES string of the molecule is O=C1N(c2ccccc2F)C(C2CC2)N(SC(Cl)Cl)N1F. The summed E-state index contributed by atoms with van der Waals surface area (Å²) in [7, 11) is 0. The van der Waals surface area contributed by atoms with Crippen LogP contribution in [-0.2, 0) is 0 Å². The molecule has 21 heavy (non-hydrogen) atoms. The fourth-order valence-electron chi connectivity index (χ4n) is 2.35. The number of para-hydroxylation sites is 1. The van der Waals surface area contributed by atoms with Gasteiger partial charge in [0.1, 0.15) is 12.0 Å². The Morgan fingerprint density at radius 1 is 1.29 bits per heavy atom. The van der Waals surface area contributed by atoms with Crippen LogP contribution in [0.3, 0.4) is 0 Å². The minimum absolute atomic E-state index is 0.0471. The second-order valence-electron chi connectivity index (χ2n) is 4.78. The van der Waals surface area contributed by atoms with Crippen molar-refractivity contribution in [3.8, 4) is 0 Å². The first-order valence-electron chi connectivity index (χ1n) is 6.28. The maximum absolute atomic E-state index is 14.2. The van der Waals surface area contributed by atoms with E-state index in [0.717, 1.165) is 34.1 Å². The second-order valence-corrected chi connectivity index (χ2v) is 7.45. The van der Waals surface area contributed by atoms with Crippen LogP contribution in [0, 0.1) is 11.7 Å². The van der Waals surface area contributed by atoms with E-state index >= 15 is 0 Å². The van der Waals surface area contributed by atoms with Gasteiger partial charge in [-0.25, -0.2) is 9.18 Å². The van der Waals surface area contributed by atoms with Crippen molar-refractivity contribution in [3.63, 3.8) is 0 Å². The number of alkyl halides is 2. The summed E-state index contributed by atoms with van der Waals surface area (Å²) in [5, 5.41) is -0.0577. The smallest absolute Gasteiger partial charge is 0.269 e. The number of nitrogens with zero attached hydrogens (tertiary/aromatic N) is 3. The molecule has 1 unspecified atom stereocenters. The highest BCUT2D eigenvalue weighted by atomic mass is 35.5. The Morgan fingerprint density at radius 3 is 2.52 bits per heavy atom. The third kappa shape index (κ3) is 2.79. The normalized spacial score (nSPS) is 23.5. The monoisotopic (exact) mass is 353 g/mol. The molecule has 1 saturated carbocycles. The van der Waals surface area contributed by atoms with Gasteiger partial charge in [-0.05, 0) is 42.8 Å². The first-order valence-corrected chi connectivity index (χ1v) is 7.99. The van der Waals surface area contributed by atoms with Crippen molar-refractivity contribution in [3.05, 3.63) is 30.1 Å². The minimum atomic E-state index is -0.946. The molecule has 1 aliphatic carbocycles. The van der Waals surface area contributed by atoms with Gasteiger partial charge in [0.15, 0.2) is 4.17 Å². The summed E-state index contributed by atoms with van der Waals surface area (Å²) in [5.41, 5.74) is 0.0471. The predicted molar refractivity (Wildman–Crippen MR) is 78.7 cm³/mol. The first-order chi connectivity index (χ1) is 10.0. The molecule has 4 nitrogen and oxygen atoms in total. The molecular weight excluding hydrogens is 343 g/mol. The van der Waals surface area contributed by atoms with Crippen molar-refractivity contribution >= 4 is 46.9 Å². The summed E-state index contributed by atoms with van der Waals surface area (Å²) >= 11 is 12.1. The lowest BCUT2D eigenvalue weighted by Gasteiger charge is -2.27. The first kappa shape index (κ1) is 15.1. The molecule has 2 amide bonds. The average molecular weight is 354 g/mol. The molecule has 3 rings (SSSR count). The van der Waals surface area contributed by atoms with E-state index in [1.807, 2.05) is 0 Å². The van der Waals surface area contributed by atoms with Crippen LogP contribution in [0.4, 0.5) is 19.4 Å². The number of hydrogen-bond acceptors (Lipinski definition) is 3. The summed E-state index contributed by atoms with van der Waals surface area (Å²) in [6.45, 7) is 0. The number of carbonyl (C=O) groups is 1. The Balaban J connectivity index is 1.98. The van der Waals surface area contributed by atoms with Gasteiger partial charge in [-0.3, -0.25) is 4.90 Å². The highest BCUT2D eigenvalue weighted by Crippen LogP contribution is 2.47. The minimum Gasteiger partial charge on any atom is -0.269 e. The van der Waals surface area contributed by atoms with E-state index in [4.69, 9.17) is 23.2 Å². The summed E-state index contributed by atoms with van der Waals surface area (Å²) in [6.07, 6.45) is 1.04. The van der Waals surface area contributed by atoms with Gasteiger partial charge in [-0.2, -0.15) is 0 Å². The van der Waals surface area contributed by atoms with Crippen LogP contribution < -0.4 is 4.90 Å². The van der Waals surface area contributed by atoms with Crippen LogP contribution in [0.2, 0.25) is 0 Å². The van der Waals surface area contributed by atoms with E-state index in [-0.39, 0.29) is 16.8 Å². The molecule has 0 N–H and O–H groups in total. The van der Waals surface area contributed by atoms with Gasteiger partial charge in [0.25, 0.3) is 0 Å². The van der Waals surface area contributed by atoms with Gasteiger partial charge in [0.2, 0.25) is 0 Å². The topological polar surface area (TPSA) is 26.8 Å². The zero-order chi connectivity index (χ0) is 15.1. The van der Waals surface area contributed by atoms with Gasteiger partial charge in [-0.15, -0.1) is 4.41 Å². The molecule has 1 aromatic rings. The molecule has 0 radical (unpaired) electrons. The fraction of sp³-hybridized carbons (Fsp3) is 0.417. The van der Waals surface area contributed by atoms with Crippen molar-refractivity contribution < 1.29 is 13.7 Å². The van der Waals surface area contributed by atoms with Crippen molar-refractivity contribution in [2.24, 2.45) is 5.92 Å². The van der Waals surface area contributed by atoms with E-state index in [1.165, 1.54) is 18.2 Å². The summed E-state index contributed by atoms with van der Waals surface area (Å²) in [4.78, 5) is 13.3. The van der Waals surface area contributed by atoms with Crippen molar-refractivity contribution in [2.45, 2.75) is 23.2 Å². The predicted octanol–water partition coefficient (Wildman–Crippen LogP) is 4.31. The van der Waals surface area contributed by atoms with Crippen LogP contribution in [0.15, 0.2) is 24.3 Å². The highest BCUT2D eigenvalue weighted by molar-refractivity contribution is 8.00. The van der Waals surface area contributed by atoms with E-state index in [9.17, 15) is 13.7 Å². The van der Waals surface area contributed by atoms with Crippen LogP contribution in [0.1, 0.15) is 12.8 Å². The second kappa shape index (κ2) is 5.79. The Kier molecular flexibility index (Phi) is 4.18. The number of amides is 2. The quantitative estimate of drug-likeness (QED) is 0.458. The number of rotatable bonds is 4. The van der Waals surface area contributed by atoms with E-state index in [2.05, 4.69) is 0 Å².